The minimum atomic E-state index is -0.765. The Kier molecular flexibility index (Phi) is 7.22. The van der Waals surface area contributed by atoms with Gasteiger partial charge in [0.15, 0.2) is 6.61 Å². The van der Waals surface area contributed by atoms with Crippen molar-refractivity contribution in [2.75, 3.05) is 19.7 Å². The van der Waals surface area contributed by atoms with E-state index in [1.54, 1.807) is 17.0 Å². The lowest BCUT2D eigenvalue weighted by molar-refractivity contribution is -0.394. The fourth-order valence-electron chi connectivity index (χ4n) is 3.97. The zero-order valence-corrected chi connectivity index (χ0v) is 18.6. The van der Waals surface area contributed by atoms with E-state index in [4.69, 9.17) is 4.74 Å². The SMILES string of the molecule is Cc1cc([N+](=O)[O-])cc([N+](=O)[O-])c1OCC(=O)N1C[C@@H](C)N(Cc2ccc(F)cc2)C[C@@H]1C. The Morgan fingerprint density at radius 2 is 1.76 bits per heavy atom. The molecule has 2 aromatic rings. The molecule has 0 saturated carbocycles. The molecular formula is C22H25FN4O6. The molecular weight excluding hydrogens is 435 g/mol. The summed E-state index contributed by atoms with van der Waals surface area (Å²) in [7, 11) is 0. The number of nitrogens with zero attached hydrogens (tertiary/aromatic N) is 4. The molecule has 0 aromatic heterocycles. The van der Waals surface area contributed by atoms with Gasteiger partial charge < -0.3 is 9.64 Å². The summed E-state index contributed by atoms with van der Waals surface area (Å²) in [5, 5.41) is 22.4. The average molecular weight is 460 g/mol. The lowest BCUT2D eigenvalue weighted by Crippen LogP contribution is -2.58. The van der Waals surface area contributed by atoms with Gasteiger partial charge in [-0.1, -0.05) is 12.1 Å². The highest BCUT2D eigenvalue weighted by molar-refractivity contribution is 5.78. The Morgan fingerprint density at radius 3 is 2.36 bits per heavy atom. The fraction of sp³-hybridized carbons (Fsp3) is 0.409. The Hall–Kier alpha value is -3.60. The van der Waals surface area contributed by atoms with E-state index < -0.39 is 27.8 Å². The van der Waals surface area contributed by atoms with Crippen molar-refractivity contribution in [1.82, 2.24) is 9.80 Å². The second kappa shape index (κ2) is 9.90. The van der Waals surface area contributed by atoms with Crippen LogP contribution in [0.1, 0.15) is 25.0 Å². The van der Waals surface area contributed by atoms with Crippen LogP contribution in [0.5, 0.6) is 5.75 Å². The third-order valence-corrected chi connectivity index (χ3v) is 5.72. The van der Waals surface area contributed by atoms with Crippen LogP contribution in [0, 0.1) is 33.0 Å². The highest BCUT2D eigenvalue weighted by Crippen LogP contribution is 2.35. The number of piperazine rings is 1. The van der Waals surface area contributed by atoms with Crippen LogP contribution in [0.25, 0.3) is 0 Å². The number of non-ortho nitro benzene ring substituents is 1. The van der Waals surface area contributed by atoms with Gasteiger partial charge in [0, 0.05) is 43.3 Å². The van der Waals surface area contributed by atoms with E-state index >= 15 is 0 Å². The Labute approximate surface area is 189 Å². The van der Waals surface area contributed by atoms with E-state index in [0.717, 1.165) is 11.6 Å². The van der Waals surface area contributed by atoms with Gasteiger partial charge in [-0.25, -0.2) is 4.39 Å². The van der Waals surface area contributed by atoms with E-state index in [9.17, 15) is 29.4 Å². The summed E-state index contributed by atoms with van der Waals surface area (Å²) in [6.45, 7) is 6.58. The monoisotopic (exact) mass is 460 g/mol. The van der Waals surface area contributed by atoms with Crippen molar-refractivity contribution in [2.45, 2.75) is 39.4 Å². The van der Waals surface area contributed by atoms with E-state index in [1.165, 1.54) is 25.1 Å². The highest BCUT2D eigenvalue weighted by Gasteiger charge is 2.33. The molecule has 0 radical (unpaired) electrons. The molecule has 11 heteroatoms. The number of nitro groups is 2. The van der Waals surface area contributed by atoms with Gasteiger partial charge in [0.1, 0.15) is 5.82 Å². The van der Waals surface area contributed by atoms with Crippen molar-refractivity contribution in [2.24, 2.45) is 0 Å². The van der Waals surface area contributed by atoms with Gasteiger partial charge in [-0.05, 0) is 38.5 Å². The zero-order valence-electron chi connectivity index (χ0n) is 18.6. The Morgan fingerprint density at radius 1 is 1.09 bits per heavy atom. The van der Waals surface area contributed by atoms with Crippen LogP contribution in [-0.4, -0.2) is 57.3 Å². The normalized spacial score (nSPS) is 18.7. The number of aryl methyl sites for hydroxylation is 1. The van der Waals surface area contributed by atoms with Crippen LogP contribution >= 0.6 is 0 Å². The summed E-state index contributed by atoms with van der Waals surface area (Å²) < 4.78 is 18.6. The standard InChI is InChI=1S/C22H25FN4O6/c1-14-8-19(26(29)30)9-20(27(31)32)22(14)33-13-21(28)25-11-15(2)24(10-16(25)3)12-17-4-6-18(23)7-5-17/h4-9,15-16H,10-13H2,1-3H3/t15-,16+/m1/s1. The van der Waals surface area contributed by atoms with Crippen molar-refractivity contribution < 1.29 is 23.8 Å². The van der Waals surface area contributed by atoms with Crippen LogP contribution in [0.15, 0.2) is 36.4 Å². The molecule has 0 N–H and O–H groups in total. The number of nitro benzene ring substituents is 2. The number of halogens is 1. The largest absolute Gasteiger partial charge is 0.477 e. The molecule has 1 amide bonds. The van der Waals surface area contributed by atoms with Crippen molar-refractivity contribution in [1.29, 1.82) is 0 Å². The van der Waals surface area contributed by atoms with Gasteiger partial charge in [0.2, 0.25) is 5.75 Å². The molecule has 33 heavy (non-hydrogen) atoms. The number of amides is 1. The first kappa shape index (κ1) is 24.1. The quantitative estimate of drug-likeness (QED) is 0.458. The van der Waals surface area contributed by atoms with Gasteiger partial charge in [0.25, 0.3) is 11.6 Å². The minimum absolute atomic E-state index is 0.0330. The number of hydrogen-bond donors (Lipinski definition) is 0. The third-order valence-electron chi connectivity index (χ3n) is 5.72. The average Bonchev–Trinajstić information content (AvgIpc) is 2.75. The van der Waals surface area contributed by atoms with E-state index in [1.807, 2.05) is 13.8 Å². The molecule has 1 aliphatic rings. The van der Waals surface area contributed by atoms with Gasteiger partial charge in [-0.3, -0.25) is 29.9 Å². The van der Waals surface area contributed by atoms with E-state index in [0.29, 0.717) is 19.6 Å². The lowest BCUT2D eigenvalue weighted by atomic mass is 10.1. The molecule has 0 aliphatic carbocycles. The number of benzene rings is 2. The summed E-state index contributed by atoms with van der Waals surface area (Å²) >= 11 is 0. The van der Waals surface area contributed by atoms with Crippen LogP contribution in [-0.2, 0) is 11.3 Å². The number of ether oxygens (including phenoxy) is 1. The molecule has 176 valence electrons. The molecule has 0 spiro atoms. The second-order valence-corrected chi connectivity index (χ2v) is 8.21. The summed E-state index contributed by atoms with van der Waals surface area (Å²) in [6.07, 6.45) is 0. The molecule has 1 heterocycles. The summed E-state index contributed by atoms with van der Waals surface area (Å²) in [4.78, 5) is 37.6. The Bertz CT molecular complexity index is 1060. The molecule has 1 saturated heterocycles. The predicted molar refractivity (Wildman–Crippen MR) is 117 cm³/mol. The maximum absolute atomic E-state index is 13.2. The number of carbonyl (C=O) groups is 1. The van der Waals surface area contributed by atoms with Crippen molar-refractivity contribution in [3.05, 3.63) is 73.6 Å². The summed E-state index contributed by atoms with van der Waals surface area (Å²) in [6, 6.07) is 8.20. The summed E-state index contributed by atoms with van der Waals surface area (Å²) in [5.74, 6) is -0.781. The van der Waals surface area contributed by atoms with Crippen LogP contribution in [0.3, 0.4) is 0 Å². The first-order valence-electron chi connectivity index (χ1n) is 10.4. The van der Waals surface area contributed by atoms with Gasteiger partial charge in [0.05, 0.1) is 15.9 Å². The van der Waals surface area contributed by atoms with Crippen molar-refractivity contribution in [3.8, 4) is 5.75 Å². The van der Waals surface area contributed by atoms with Gasteiger partial charge in [-0.15, -0.1) is 0 Å². The first-order valence-corrected chi connectivity index (χ1v) is 10.4. The van der Waals surface area contributed by atoms with Crippen LogP contribution in [0.4, 0.5) is 15.8 Å². The Balaban J connectivity index is 1.66. The molecule has 2 aromatic carbocycles. The number of carbonyl (C=O) groups excluding carboxylic acids is 1. The molecule has 3 rings (SSSR count). The first-order chi connectivity index (χ1) is 15.6. The van der Waals surface area contributed by atoms with Crippen LogP contribution < -0.4 is 4.74 Å². The molecule has 1 aliphatic heterocycles. The van der Waals surface area contributed by atoms with Crippen molar-refractivity contribution >= 4 is 17.3 Å². The van der Waals surface area contributed by atoms with Gasteiger partial charge in [-0.2, -0.15) is 0 Å². The molecule has 0 bridgehead atoms. The third kappa shape index (κ3) is 5.61. The molecule has 1 fully saturated rings. The second-order valence-electron chi connectivity index (χ2n) is 8.21. The highest BCUT2D eigenvalue weighted by atomic mass is 19.1. The number of rotatable bonds is 7. The zero-order chi connectivity index (χ0) is 24.3. The number of hydrogen-bond acceptors (Lipinski definition) is 7. The van der Waals surface area contributed by atoms with Gasteiger partial charge >= 0.3 is 5.69 Å². The van der Waals surface area contributed by atoms with Crippen molar-refractivity contribution in [3.63, 3.8) is 0 Å². The lowest BCUT2D eigenvalue weighted by Gasteiger charge is -2.44. The maximum atomic E-state index is 13.2. The summed E-state index contributed by atoms with van der Waals surface area (Å²) in [5.41, 5.74) is 0.200. The molecule has 10 nitrogen and oxygen atoms in total. The maximum Gasteiger partial charge on any atom is 0.318 e. The predicted octanol–water partition coefficient (Wildman–Crippen LogP) is 3.45. The molecule has 2 atom stereocenters. The van der Waals surface area contributed by atoms with E-state index in [2.05, 4.69) is 4.90 Å². The molecule has 0 unspecified atom stereocenters. The van der Waals surface area contributed by atoms with Crippen LogP contribution in [0.2, 0.25) is 0 Å². The topological polar surface area (TPSA) is 119 Å². The smallest absolute Gasteiger partial charge is 0.318 e. The fourth-order valence-corrected chi connectivity index (χ4v) is 3.97. The minimum Gasteiger partial charge on any atom is -0.477 e. The van der Waals surface area contributed by atoms with E-state index in [-0.39, 0.29) is 35.1 Å².